The molecule has 0 atom stereocenters. The van der Waals surface area contributed by atoms with Crippen molar-refractivity contribution in [3.63, 3.8) is 0 Å². The first-order valence-corrected chi connectivity index (χ1v) is 4.24. The fraction of sp³-hybridized carbons (Fsp3) is 0.200. The van der Waals surface area contributed by atoms with Gasteiger partial charge in [-0.15, -0.1) is 0 Å². The summed E-state index contributed by atoms with van der Waals surface area (Å²) < 4.78 is 1.72. The highest BCUT2D eigenvalue weighted by molar-refractivity contribution is 6.06. The predicted molar refractivity (Wildman–Crippen MR) is 52.8 cm³/mol. The summed E-state index contributed by atoms with van der Waals surface area (Å²) >= 11 is 0. The van der Waals surface area contributed by atoms with Gasteiger partial charge in [-0.05, 0) is 25.1 Å². The van der Waals surface area contributed by atoms with Gasteiger partial charge in [0, 0.05) is 12.4 Å². The van der Waals surface area contributed by atoms with Crippen LogP contribution >= 0.6 is 0 Å². The lowest BCUT2D eigenvalue weighted by Crippen LogP contribution is -2.11. The Labute approximate surface area is 81.3 Å². The molecule has 14 heavy (non-hydrogen) atoms. The zero-order valence-electron chi connectivity index (χ0n) is 8.03. The van der Waals surface area contributed by atoms with Crippen molar-refractivity contribution in [3.05, 3.63) is 29.5 Å². The van der Waals surface area contributed by atoms with Crippen molar-refractivity contribution < 1.29 is 4.79 Å². The number of aryl methyl sites for hydroxylation is 2. The Hall–Kier alpha value is -1.84. The highest BCUT2D eigenvalue weighted by Crippen LogP contribution is 2.20. The number of nitrogens with zero attached hydrogens (tertiary/aromatic N) is 2. The van der Waals surface area contributed by atoms with Crippen LogP contribution in [0.15, 0.2) is 12.1 Å². The average molecular weight is 188 g/mol. The molecule has 2 aromatic rings. The quantitative estimate of drug-likeness (QED) is 0.718. The highest BCUT2D eigenvalue weighted by Gasteiger charge is 2.12. The van der Waals surface area contributed by atoms with E-state index in [1.807, 2.05) is 14.0 Å². The molecule has 2 rings (SSSR count). The number of nitrogens with two attached hydrogens (primary N) is 1. The molecule has 0 aliphatic carbocycles. The van der Waals surface area contributed by atoms with Crippen LogP contribution in [0.5, 0.6) is 0 Å². The van der Waals surface area contributed by atoms with Crippen LogP contribution < -0.4 is 5.73 Å². The van der Waals surface area contributed by atoms with Crippen molar-refractivity contribution in [2.45, 2.75) is 6.92 Å². The third-order valence-corrected chi connectivity index (χ3v) is 2.25. The molecule has 0 aliphatic rings. The van der Waals surface area contributed by atoms with Crippen LogP contribution in [-0.2, 0) is 7.05 Å². The van der Waals surface area contributed by atoms with E-state index >= 15 is 0 Å². The number of aromatic nitrogens is 2. The van der Waals surface area contributed by atoms with Gasteiger partial charge in [0.2, 0.25) is 5.91 Å². The zero-order chi connectivity index (χ0) is 10.3. The van der Waals surface area contributed by atoms with Crippen molar-refractivity contribution in [2.24, 2.45) is 12.8 Å². The Bertz CT molecular complexity index is 513. The molecular formula is C10H10N3O. The molecule has 1 amide bonds. The molecular weight excluding hydrogens is 178 g/mol. The summed E-state index contributed by atoms with van der Waals surface area (Å²) in [6.07, 6.45) is 0. The molecule has 0 fully saturated rings. The molecule has 4 heteroatoms. The smallest absolute Gasteiger partial charge is 0.249 e. The van der Waals surface area contributed by atoms with Crippen molar-refractivity contribution >= 4 is 16.8 Å². The van der Waals surface area contributed by atoms with Gasteiger partial charge in [-0.2, -0.15) is 5.10 Å². The second kappa shape index (κ2) is 2.83. The minimum atomic E-state index is -0.442. The van der Waals surface area contributed by atoms with E-state index in [-0.39, 0.29) is 0 Å². The van der Waals surface area contributed by atoms with Crippen LogP contribution in [0, 0.1) is 13.0 Å². The van der Waals surface area contributed by atoms with Crippen LogP contribution in [0.25, 0.3) is 10.9 Å². The molecule has 1 aromatic carbocycles. The van der Waals surface area contributed by atoms with Gasteiger partial charge in [0.05, 0.1) is 16.8 Å². The van der Waals surface area contributed by atoms with Gasteiger partial charge < -0.3 is 5.73 Å². The molecule has 1 aromatic heterocycles. The summed E-state index contributed by atoms with van der Waals surface area (Å²) in [4.78, 5) is 11.1. The van der Waals surface area contributed by atoms with E-state index in [1.54, 1.807) is 16.8 Å². The van der Waals surface area contributed by atoms with Crippen molar-refractivity contribution in [3.8, 4) is 0 Å². The van der Waals surface area contributed by atoms with E-state index in [0.29, 0.717) is 5.56 Å². The molecule has 0 bridgehead atoms. The first-order valence-electron chi connectivity index (χ1n) is 4.24. The number of primary amides is 1. The topological polar surface area (TPSA) is 60.9 Å². The summed E-state index contributed by atoms with van der Waals surface area (Å²) in [5, 5.41) is 5.04. The van der Waals surface area contributed by atoms with Gasteiger partial charge in [0.25, 0.3) is 0 Å². The third-order valence-electron chi connectivity index (χ3n) is 2.25. The number of rotatable bonds is 1. The number of hydrogen-bond donors (Lipinski definition) is 1. The molecule has 1 heterocycles. The van der Waals surface area contributed by atoms with Crippen LogP contribution in [0.3, 0.4) is 0 Å². The normalized spacial score (nSPS) is 10.7. The summed E-state index contributed by atoms with van der Waals surface area (Å²) in [5.41, 5.74) is 7.43. The van der Waals surface area contributed by atoms with E-state index in [9.17, 15) is 4.79 Å². The molecule has 0 unspecified atom stereocenters. The Morgan fingerprint density at radius 1 is 1.57 bits per heavy atom. The molecule has 0 saturated heterocycles. The fourth-order valence-corrected chi connectivity index (χ4v) is 1.64. The summed E-state index contributed by atoms with van der Waals surface area (Å²) in [6.45, 7) is 1.86. The molecule has 0 spiro atoms. The van der Waals surface area contributed by atoms with Crippen LogP contribution in [0.1, 0.15) is 16.1 Å². The van der Waals surface area contributed by atoms with Crippen LogP contribution in [0.4, 0.5) is 0 Å². The SMILES string of the molecule is Cc1nn(C)c2c[c]cc(C(N)=O)c12. The number of carbonyl (C=O) groups excluding carboxylic acids is 1. The van der Waals surface area contributed by atoms with E-state index in [0.717, 1.165) is 16.6 Å². The van der Waals surface area contributed by atoms with Gasteiger partial charge in [0.15, 0.2) is 0 Å². The lowest BCUT2D eigenvalue weighted by molar-refractivity contribution is 0.100. The van der Waals surface area contributed by atoms with Crippen LogP contribution in [0.2, 0.25) is 0 Å². The van der Waals surface area contributed by atoms with Gasteiger partial charge in [0.1, 0.15) is 0 Å². The molecule has 0 aliphatic heterocycles. The maximum absolute atomic E-state index is 11.1. The number of amides is 1. The van der Waals surface area contributed by atoms with E-state index in [4.69, 9.17) is 5.73 Å². The summed E-state index contributed by atoms with van der Waals surface area (Å²) in [6, 6.07) is 6.27. The van der Waals surface area contributed by atoms with Gasteiger partial charge >= 0.3 is 0 Å². The Morgan fingerprint density at radius 2 is 2.29 bits per heavy atom. The Morgan fingerprint density at radius 3 is 2.93 bits per heavy atom. The molecule has 2 N–H and O–H groups in total. The average Bonchev–Trinajstić information content (AvgIpc) is 2.43. The fourth-order valence-electron chi connectivity index (χ4n) is 1.64. The standard InChI is InChI=1S/C10H10N3O/c1-6-9-7(10(11)14)4-3-5-8(9)13(2)12-6/h4-5H,1-2H3,(H2,11,14). The first kappa shape index (κ1) is 8.74. The minimum absolute atomic E-state index is 0.442. The maximum atomic E-state index is 11.1. The second-order valence-electron chi connectivity index (χ2n) is 3.20. The van der Waals surface area contributed by atoms with Crippen molar-refractivity contribution in [1.29, 1.82) is 0 Å². The minimum Gasteiger partial charge on any atom is -0.366 e. The number of hydrogen-bond acceptors (Lipinski definition) is 2. The molecule has 71 valence electrons. The zero-order valence-corrected chi connectivity index (χ0v) is 8.03. The van der Waals surface area contributed by atoms with Crippen molar-refractivity contribution in [1.82, 2.24) is 9.78 Å². The second-order valence-corrected chi connectivity index (χ2v) is 3.20. The third kappa shape index (κ3) is 1.08. The predicted octanol–water partition coefficient (Wildman–Crippen LogP) is 0.781. The van der Waals surface area contributed by atoms with E-state index < -0.39 is 5.91 Å². The van der Waals surface area contributed by atoms with E-state index in [2.05, 4.69) is 11.2 Å². The lowest BCUT2D eigenvalue weighted by atomic mass is 10.1. The van der Waals surface area contributed by atoms with Gasteiger partial charge in [-0.3, -0.25) is 9.48 Å². The van der Waals surface area contributed by atoms with Gasteiger partial charge in [-0.1, -0.05) is 0 Å². The Kier molecular flexibility index (Phi) is 1.77. The van der Waals surface area contributed by atoms with Crippen molar-refractivity contribution in [2.75, 3.05) is 0 Å². The number of carbonyl (C=O) groups is 1. The number of fused-ring (bicyclic) bond motifs is 1. The lowest BCUT2D eigenvalue weighted by Gasteiger charge is -1.98. The maximum Gasteiger partial charge on any atom is 0.249 e. The number of benzene rings is 1. The monoisotopic (exact) mass is 188 g/mol. The largest absolute Gasteiger partial charge is 0.366 e. The molecule has 1 radical (unpaired) electrons. The molecule has 0 saturated carbocycles. The van der Waals surface area contributed by atoms with Gasteiger partial charge in [-0.25, -0.2) is 0 Å². The Balaban J connectivity index is 2.92. The highest BCUT2D eigenvalue weighted by atomic mass is 16.1. The first-order chi connectivity index (χ1) is 6.61. The summed E-state index contributed by atoms with van der Waals surface area (Å²) in [5.74, 6) is -0.442. The van der Waals surface area contributed by atoms with E-state index in [1.165, 1.54) is 0 Å². The van der Waals surface area contributed by atoms with Crippen LogP contribution in [-0.4, -0.2) is 15.7 Å². The summed E-state index contributed by atoms with van der Waals surface area (Å²) in [7, 11) is 1.83. The molecule has 4 nitrogen and oxygen atoms in total.